The maximum atomic E-state index is 13.6. The van der Waals surface area contributed by atoms with Crippen molar-refractivity contribution in [3.05, 3.63) is 47.5 Å². The lowest BCUT2D eigenvalue weighted by molar-refractivity contribution is 0.613. The summed E-state index contributed by atoms with van der Waals surface area (Å²) in [6, 6.07) is 8.57. The lowest BCUT2D eigenvalue weighted by Crippen LogP contribution is -2.09. The standard InChI is InChI=1S/C16H21FN4/c1-4-18-14-9-15(21-16(20-14)11(2)3)19-10-12-7-5-6-8-13(12)17/h5-9,11H,4,10H2,1-3H3,(H2,18,19,20,21). The number of nitrogens with zero attached hydrogens (tertiary/aromatic N) is 2. The molecule has 0 amide bonds. The third-order valence-corrected chi connectivity index (χ3v) is 3.04. The van der Waals surface area contributed by atoms with Crippen molar-refractivity contribution in [2.45, 2.75) is 33.2 Å². The van der Waals surface area contributed by atoms with Gasteiger partial charge < -0.3 is 10.6 Å². The first-order valence-electron chi connectivity index (χ1n) is 7.20. The lowest BCUT2D eigenvalue weighted by Gasteiger charge is -2.12. The Balaban J connectivity index is 2.17. The van der Waals surface area contributed by atoms with Gasteiger partial charge in [0.1, 0.15) is 23.3 Å². The van der Waals surface area contributed by atoms with Gasteiger partial charge in [-0.3, -0.25) is 0 Å². The van der Waals surface area contributed by atoms with E-state index >= 15 is 0 Å². The molecule has 0 aliphatic rings. The number of aromatic nitrogens is 2. The highest BCUT2D eigenvalue weighted by molar-refractivity contribution is 5.48. The predicted octanol–water partition coefficient (Wildman–Crippen LogP) is 3.78. The van der Waals surface area contributed by atoms with Crippen LogP contribution in [-0.4, -0.2) is 16.5 Å². The molecule has 0 aliphatic heterocycles. The van der Waals surface area contributed by atoms with Crippen LogP contribution in [0, 0.1) is 5.82 Å². The molecule has 1 aromatic carbocycles. The molecule has 0 aliphatic carbocycles. The van der Waals surface area contributed by atoms with Gasteiger partial charge >= 0.3 is 0 Å². The van der Waals surface area contributed by atoms with Crippen LogP contribution < -0.4 is 10.6 Å². The summed E-state index contributed by atoms with van der Waals surface area (Å²) in [5, 5.41) is 6.35. The molecule has 0 spiro atoms. The predicted molar refractivity (Wildman–Crippen MR) is 84.0 cm³/mol. The molecule has 1 aromatic heterocycles. The zero-order chi connectivity index (χ0) is 15.2. The second-order valence-corrected chi connectivity index (χ2v) is 5.13. The van der Waals surface area contributed by atoms with Crippen molar-refractivity contribution in [3.63, 3.8) is 0 Å². The van der Waals surface area contributed by atoms with E-state index in [2.05, 4.69) is 20.6 Å². The summed E-state index contributed by atoms with van der Waals surface area (Å²) in [6.07, 6.45) is 0. The number of benzene rings is 1. The van der Waals surface area contributed by atoms with E-state index in [9.17, 15) is 4.39 Å². The minimum Gasteiger partial charge on any atom is -0.370 e. The van der Waals surface area contributed by atoms with Crippen molar-refractivity contribution in [1.29, 1.82) is 0 Å². The molecule has 21 heavy (non-hydrogen) atoms. The van der Waals surface area contributed by atoms with E-state index in [1.165, 1.54) is 6.07 Å². The number of halogens is 1. The molecule has 0 atom stereocenters. The second kappa shape index (κ2) is 7.02. The maximum absolute atomic E-state index is 13.6. The van der Waals surface area contributed by atoms with E-state index in [-0.39, 0.29) is 11.7 Å². The average molecular weight is 288 g/mol. The van der Waals surface area contributed by atoms with Crippen LogP contribution in [0.15, 0.2) is 30.3 Å². The van der Waals surface area contributed by atoms with Crippen LogP contribution in [0.5, 0.6) is 0 Å². The van der Waals surface area contributed by atoms with Crippen molar-refractivity contribution in [1.82, 2.24) is 9.97 Å². The molecule has 0 saturated heterocycles. The fourth-order valence-electron chi connectivity index (χ4n) is 1.91. The van der Waals surface area contributed by atoms with Gasteiger partial charge in [0, 0.05) is 30.6 Å². The molecule has 112 valence electrons. The third kappa shape index (κ3) is 4.15. The molecule has 2 N–H and O–H groups in total. The number of hydrogen-bond donors (Lipinski definition) is 2. The summed E-state index contributed by atoms with van der Waals surface area (Å²) in [4.78, 5) is 8.93. The summed E-state index contributed by atoms with van der Waals surface area (Å²) >= 11 is 0. The number of anilines is 2. The van der Waals surface area contributed by atoms with Crippen LogP contribution in [0.3, 0.4) is 0 Å². The summed E-state index contributed by atoms with van der Waals surface area (Å²) in [5.74, 6) is 2.28. The highest BCUT2D eigenvalue weighted by Crippen LogP contribution is 2.18. The third-order valence-electron chi connectivity index (χ3n) is 3.04. The molecule has 2 aromatic rings. The summed E-state index contributed by atoms with van der Waals surface area (Å²) in [6.45, 7) is 7.30. The molecule has 4 nitrogen and oxygen atoms in total. The van der Waals surface area contributed by atoms with Crippen LogP contribution in [0.1, 0.15) is 38.1 Å². The van der Waals surface area contributed by atoms with Crippen LogP contribution >= 0.6 is 0 Å². The Morgan fingerprint density at radius 2 is 1.76 bits per heavy atom. The Bertz CT molecular complexity index is 599. The van der Waals surface area contributed by atoms with Gasteiger partial charge in [-0.25, -0.2) is 14.4 Å². The van der Waals surface area contributed by atoms with Crippen LogP contribution in [0.2, 0.25) is 0 Å². The topological polar surface area (TPSA) is 49.8 Å². The Morgan fingerprint density at radius 3 is 2.38 bits per heavy atom. The SMILES string of the molecule is CCNc1cc(NCc2ccccc2F)nc(C(C)C)n1. The van der Waals surface area contributed by atoms with Crippen molar-refractivity contribution >= 4 is 11.6 Å². The minimum absolute atomic E-state index is 0.213. The Morgan fingerprint density at radius 1 is 1.10 bits per heavy atom. The zero-order valence-corrected chi connectivity index (χ0v) is 12.7. The van der Waals surface area contributed by atoms with E-state index in [4.69, 9.17) is 0 Å². The fourth-order valence-corrected chi connectivity index (χ4v) is 1.91. The summed E-state index contributed by atoms with van der Waals surface area (Å²) < 4.78 is 13.6. The van der Waals surface area contributed by atoms with Crippen LogP contribution in [0.4, 0.5) is 16.0 Å². The first-order valence-corrected chi connectivity index (χ1v) is 7.20. The monoisotopic (exact) mass is 288 g/mol. The van der Waals surface area contributed by atoms with Gasteiger partial charge in [-0.1, -0.05) is 32.0 Å². The molecular weight excluding hydrogens is 267 g/mol. The number of nitrogens with one attached hydrogen (secondary N) is 2. The first-order chi connectivity index (χ1) is 10.1. The number of hydrogen-bond acceptors (Lipinski definition) is 4. The molecule has 0 unspecified atom stereocenters. The van der Waals surface area contributed by atoms with E-state index in [0.29, 0.717) is 17.9 Å². The van der Waals surface area contributed by atoms with Gasteiger partial charge in [0.05, 0.1) is 0 Å². The normalized spacial score (nSPS) is 10.7. The molecule has 0 radical (unpaired) electrons. The molecule has 0 saturated carbocycles. The molecule has 5 heteroatoms. The van der Waals surface area contributed by atoms with E-state index in [0.717, 1.165) is 18.2 Å². The van der Waals surface area contributed by atoms with Crippen molar-refractivity contribution in [2.75, 3.05) is 17.2 Å². The summed E-state index contributed by atoms with van der Waals surface area (Å²) in [5.41, 5.74) is 0.618. The molecular formula is C16H21FN4. The average Bonchev–Trinajstić information content (AvgIpc) is 2.46. The molecule has 2 rings (SSSR count). The van der Waals surface area contributed by atoms with Gasteiger partial charge in [0.15, 0.2) is 0 Å². The van der Waals surface area contributed by atoms with Gasteiger partial charge in [0.25, 0.3) is 0 Å². The number of rotatable bonds is 6. The van der Waals surface area contributed by atoms with Crippen molar-refractivity contribution < 1.29 is 4.39 Å². The fraction of sp³-hybridized carbons (Fsp3) is 0.375. The van der Waals surface area contributed by atoms with Crippen molar-refractivity contribution in [3.8, 4) is 0 Å². The largest absolute Gasteiger partial charge is 0.370 e. The van der Waals surface area contributed by atoms with E-state index in [1.807, 2.05) is 32.9 Å². The highest BCUT2D eigenvalue weighted by Gasteiger charge is 2.08. The van der Waals surface area contributed by atoms with E-state index < -0.39 is 0 Å². The van der Waals surface area contributed by atoms with Crippen LogP contribution in [0.25, 0.3) is 0 Å². The van der Waals surface area contributed by atoms with Gasteiger partial charge in [-0.15, -0.1) is 0 Å². The molecule has 0 fully saturated rings. The quantitative estimate of drug-likeness (QED) is 0.849. The Labute approximate surface area is 124 Å². The lowest BCUT2D eigenvalue weighted by atomic mass is 10.2. The maximum Gasteiger partial charge on any atom is 0.135 e. The highest BCUT2D eigenvalue weighted by atomic mass is 19.1. The molecule has 1 heterocycles. The summed E-state index contributed by atoms with van der Waals surface area (Å²) in [7, 11) is 0. The first kappa shape index (κ1) is 15.2. The Kier molecular flexibility index (Phi) is 5.09. The Hall–Kier alpha value is -2.17. The van der Waals surface area contributed by atoms with Crippen molar-refractivity contribution in [2.24, 2.45) is 0 Å². The minimum atomic E-state index is -0.213. The zero-order valence-electron chi connectivity index (χ0n) is 12.7. The molecule has 0 bridgehead atoms. The second-order valence-electron chi connectivity index (χ2n) is 5.13. The smallest absolute Gasteiger partial charge is 0.135 e. The van der Waals surface area contributed by atoms with Gasteiger partial charge in [-0.2, -0.15) is 0 Å². The van der Waals surface area contributed by atoms with Gasteiger partial charge in [0.2, 0.25) is 0 Å². The van der Waals surface area contributed by atoms with E-state index in [1.54, 1.807) is 12.1 Å². The van der Waals surface area contributed by atoms with Gasteiger partial charge in [-0.05, 0) is 13.0 Å². The van der Waals surface area contributed by atoms with Crippen LogP contribution in [-0.2, 0) is 6.54 Å².